The molecule has 1 heterocycles. The molecule has 1 aliphatic heterocycles. The fourth-order valence-electron chi connectivity index (χ4n) is 4.39. The van der Waals surface area contributed by atoms with E-state index in [1.165, 1.54) is 41.8 Å². The van der Waals surface area contributed by atoms with Crippen LogP contribution < -0.4 is 15.5 Å². The summed E-state index contributed by atoms with van der Waals surface area (Å²) in [7, 11) is 4.18. The van der Waals surface area contributed by atoms with Crippen LogP contribution in [0.5, 0.6) is 0 Å². The standard InChI is InChI=1S/C23H30N4/c1-17-9-7-10-18(15-17)16-24-22-23(13-5-4-6-14-23)26-19-11-8-12-20(27(2)3)21(19)25-22/h7-12,15,26H,4-6,13-14,16H2,1-3H3,(H,24,25). The van der Waals surface area contributed by atoms with Gasteiger partial charge in [-0.3, -0.25) is 4.99 Å². The van der Waals surface area contributed by atoms with Crippen molar-refractivity contribution in [1.29, 1.82) is 0 Å². The minimum atomic E-state index is -0.0555. The molecule has 0 radical (unpaired) electrons. The molecule has 142 valence electrons. The molecule has 4 rings (SSSR count). The van der Waals surface area contributed by atoms with Crippen molar-refractivity contribution in [2.45, 2.75) is 51.1 Å². The van der Waals surface area contributed by atoms with Crippen molar-refractivity contribution < 1.29 is 0 Å². The highest BCUT2D eigenvalue weighted by Crippen LogP contribution is 2.43. The second-order valence-electron chi connectivity index (χ2n) is 8.14. The van der Waals surface area contributed by atoms with Gasteiger partial charge in [0.1, 0.15) is 5.84 Å². The summed E-state index contributed by atoms with van der Waals surface area (Å²) in [6.07, 6.45) is 6.09. The largest absolute Gasteiger partial charge is 0.376 e. The third kappa shape index (κ3) is 3.53. The van der Waals surface area contributed by atoms with E-state index in [0.717, 1.165) is 24.4 Å². The van der Waals surface area contributed by atoms with Gasteiger partial charge in [-0.15, -0.1) is 0 Å². The minimum absolute atomic E-state index is 0.0555. The summed E-state index contributed by atoms with van der Waals surface area (Å²) in [5.41, 5.74) is 6.02. The summed E-state index contributed by atoms with van der Waals surface area (Å²) in [6, 6.07) is 15.1. The molecule has 27 heavy (non-hydrogen) atoms. The van der Waals surface area contributed by atoms with E-state index < -0.39 is 0 Å². The Kier molecular flexibility index (Phi) is 4.81. The third-order valence-corrected chi connectivity index (χ3v) is 5.80. The van der Waals surface area contributed by atoms with Crippen LogP contribution in [0.15, 0.2) is 47.5 Å². The molecule has 0 saturated heterocycles. The SMILES string of the molecule is Cc1cccc(CN=C2Nc3c(cccc3N(C)C)NC23CCCCC3)c1. The number of nitrogens with zero attached hydrogens (tertiary/aromatic N) is 2. The van der Waals surface area contributed by atoms with E-state index in [1.54, 1.807) is 0 Å². The maximum Gasteiger partial charge on any atom is 0.127 e. The highest BCUT2D eigenvalue weighted by molar-refractivity contribution is 6.12. The highest BCUT2D eigenvalue weighted by Gasteiger charge is 2.41. The Bertz CT molecular complexity index is 847. The molecule has 1 aliphatic carbocycles. The normalized spacial score (nSPS) is 19.3. The lowest BCUT2D eigenvalue weighted by Crippen LogP contribution is -2.54. The fourth-order valence-corrected chi connectivity index (χ4v) is 4.39. The molecule has 0 amide bonds. The molecule has 2 aromatic carbocycles. The van der Waals surface area contributed by atoms with Crippen LogP contribution in [0.3, 0.4) is 0 Å². The minimum Gasteiger partial charge on any atom is -0.376 e. The zero-order valence-corrected chi connectivity index (χ0v) is 16.7. The third-order valence-electron chi connectivity index (χ3n) is 5.80. The van der Waals surface area contributed by atoms with E-state index in [1.807, 2.05) is 0 Å². The van der Waals surface area contributed by atoms with Crippen LogP contribution in [0, 0.1) is 6.92 Å². The quantitative estimate of drug-likeness (QED) is 0.788. The molecule has 1 fully saturated rings. The Morgan fingerprint density at radius 1 is 1.04 bits per heavy atom. The molecule has 0 bridgehead atoms. The Morgan fingerprint density at radius 2 is 1.81 bits per heavy atom. The average Bonchev–Trinajstić information content (AvgIpc) is 2.66. The highest BCUT2D eigenvalue weighted by atomic mass is 15.2. The number of hydrogen-bond donors (Lipinski definition) is 2. The van der Waals surface area contributed by atoms with E-state index in [9.17, 15) is 0 Å². The number of nitrogens with one attached hydrogen (secondary N) is 2. The van der Waals surface area contributed by atoms with Crippen molar-refractivity contribution >= 4 is 22.9 Å². The van der Waals surface area contributed by atoms with Gasteiger partial charge in [0.05, 0.1) is 29.1 Å². The van der Waals surface area contributed by atoms with Crippen molar-refractivity contribution in [3.63, 3.8) is 0 Å². The Hall–Kier alpha value is -2.49. The number of aryl methyl sites for hydroxylation is 1. The molecule has 2 N–H and O–H groups in total. The van der Waals surface area contributed by atoms with Crippen LogP contribution in [0.4, 0.5) is 17.1 Å². The Labute approximate surface area is 162 Å². The Morgan fingerprint density at radius 3 is 2.56 bits per heavy atom. The van der Waals surface area contributed by atoms with Crippen molar-refractivity contribution in [1.82, 2.24) is 0 Å². The lowest BCUT2D eigenvalue weighted by molar-refractivity contribution is 0.403. The predicted octanol–water partition coefficient (Wildman–Crippen LogP) is 5.20. The van der Waals surface area contributed by atoms with Gasteiger partial charge in [-0.25, -0.2) is 0 Å². The second-order valence-corrected chi connectivity index (χ2v) is 8.14. The molecule has 0 unspecified atom stereocenters. The molecule has 2 aliphatic rings. The van der Waals surface area contributed by atoms with Crippen LogP contribution >= 0.6 is 0 Å². The van der Waals surface area contributed by atoms with E-state index in [2.05, 4.69) is 79.0 Å². The number of rotatable bonds is 3. The van der Waals surface area contributed by atoms with E-state index >= 15 is 0 Å². The maximum absolute atomic E-state index is 5.10. The first-order valence-corrected chi connectivity index (χ1v) is 10.0. The number of hydrogen-bond acceptors (Lipinski definition) is 3. The first kappa shape index (κ1) is 17.9. The summed E-state index contributed by atoms with van der Waals surface area (Å²) in [5.74, 6) is 1.10. The molecule has 4 nitrogen and oxygen atoms in total. The van der Waals surface area contributed by atoms with E-state index in [-0.39, 0.29) is 5.54 Å². The number of benzene rings is 2. The summed E-state index contributed by atoms with van der Waals surface area (Å²) >= 11 is 0. The molecule has 2 aromatic rings. The van der Waals surface area contributed by atoms with Crippen LogP contribution in [-0.2, 0) is 6.54 Å². The van der Waals surface area contributed by atoms with Gasteiger partial charge in [-0.1, -0.05) is 55.2 Å². The number of anilines is 3. The van der Waals surface area contributed by atoms with Crippen molar-refractivity contribution in [3.8, 4) is 0 Å². The first-order chi connectivity index (χ1) is 13.1. The van der Waals surface area contributed by atoms with Gasteiger partial charge in [0, 0.05) is 14.1 Å². The van der Waals surface area contributed by atoms with Gasteiger partial charge < -0.3 is 15.5 Å². The molecule has 0 aromatic heterocycles. The van der Waals surface area contributed by atoms with Crippen LogP contribution in [0.25, 0.3) is 0 Å². The number of amidine groups is 1. The maximum atomic E-state index is 5.10. The summed E-state index contributed by atoms with van der Waals surface area (Å²) in [5, 5.41) is 7.62. The lowest BCUT2D eigenvalue weighted by Gasteiger charge is -2.44. The monoisotopic (exact) mass is 362 g/mol. The van der Waals surface area contributed by atoms with Crippen LogP contribution in [0.2, 0.25) is 0 Å². The number of fused-ring (bicyclic) bond motifs is 1. The van der Waals surface area contributed by atoms with Gasteiger partial charge in [0.15, 0.2) is 0 Å². The summed E-state index contributed by atoms with van der Waals surface area (Å²) < 4.78 is 0. The van der Waals surface area contributed by atoms with Crippen molar-refractivity contribution in [2.75, 3.05) is 29.6 Å². The van der Waals surface area contributed by atoms with Gasteiger partial charge in [0.25, 0.3) is 0 Å². The topological polar surface area (TPSA) is 39.7 Å². The van der Waals surface area contributed by atoms with E-state index in [0.29, 0.717) is 6.54 Å². The molecule has 4 heteroatoms. The van der Waals surface area contributed by atoms with E-state index in [4.69, 9.17) is 4.99 Å². The fraction of sp³-hybridized carbons (Fsp3) is 0.435. The molecule has 0 atom stereocenters. The number of para-hydroxylation sites is 1. The molecule has 1 saturated carbocycles. The lowest BCUT2D eigenvalue weighted by atomic mass is 9.79. The summed E-state index contributed by atoms with van der Waals surface area (Å²) in [4.78, 5) is 7.25. The summed E-state index contributed by atoms with van der Waals surface area (Å²) in [6.45, 7) is 2.85. The number of aliphatic imine (C=N–C) groups is 1. The molecular formula is C23H30N4. The molecule has 1 spiro atoms. The van der Waals surface area contributed by atoms with Gasteiger partial charge in [-0.2, -0.15) is 0 Å². The van der Waals surface area contributed by atoms with Crippen LogP contribution in [0.1, 0.15) is 43.2 Å². The van der Waals surface area contributed by atoms with Crippen LogP contribution in [-0.4, -0.2) is 25.5 Å². The predicted molar refractivity (Wildman–Crippen MR) is 116 cm³/mol. The first-order valence-electron chi connectivity index (χ1n) is 10.0. The molecular weight excluding hydrogens is 332 g/mol. The van der Waals surface area contributed by atoms with Gasteiger partial charge >= 0.3 is 0 Å². The van der Waals surface area contributed by atoms with Crippen molar-refractivity contribution in [2.24, 2.45) is 4.99 Å². The van der Waals surface area contributed by atoms with Gasteiger partial charge in [0.2, 0.25) is 0 Å². The Balaban J connectivity index is 1.72. The zero-order valence-electron chi connectivity index (χ0n) is 16.7. The average molecular weight is 363 g/mol. The second kappa shape index (κ2) is 7.26. The smallest absolute Gasteiger partial charge is 0.127 e. The zero-order chi connectivity index (χ0) is 18.9. The van der Waals surface area contributed by atoms with Crippen molar-refractivity contribution in [3.05, 3.63) is 53.6 Å². The van der Waals surface area contributed by atoms with Gasteiger partial charge in [-0.05, 0) is 37.5 Å².